The van der Waals surface area contributed by atoms with Crippen molar-refractivity contribution < 1.29 is 19.0 Å². The van der Waals surface area contributed by atoms with Crippen LogP contribution in [0.5, 0.6) is 11.5 Å². The van der Waals surface area contributed by atoms with Gasteiger partial charge in [0.2, 0.25) is 5.91 Å². The Morgan fingerprint density at radius 2 is 1.92 bits per heavy atom. The number of amides is 1. The van der Waals surface area contributed by atoms with Crippen LogP contribution >= 0.6 is 11.6 Å². The number of nitrogens with one attached hydrogen (secondary N) is 1. The van der Waals surface area contributed by atoms with E-state index in [1.54, 1.807) is 27.2 Å². The van der Waals surface area contributed by atoms with Crippen LogP contribution in [0, 0.1) is 5.92 Å². The second-order valence-electron chi connectivity index (χ2n) is 6.50. The normalized spacial score (nSPS) is 23.9. The van der Waals surface area contributed by atoms with Gasteiger partial charge in [0.15, 0.2) is 0 Å². The molecule has 0 radical (unpaired) electrons. The van der Waals surface area contributed by atoms with Gasteiger partial charge in [-0.2, -0.15) is 0 Å². The lowest BCUT2D eigenvalue weighted by molar-refractivity contribution is -0.123. The van der Waals surface area contributed by atoms with Gasteiger partial charge in [0.05, 0.1) is 31.5 Å². The Hall–Kier alpha value is -1.46. The Balaban J connectivity index is 2.34. The first-order valence-electron chi connectivity index (χ1n) is 8.19. The Morgan fingerprint density at radius 1 is 1.25 bits per heavy atom. The van der Waals surface area contributed by atoms with Crippen LogP contribution < -0.4 is 14.8 Å². The van der Waals surface area contributed by atoms with Gasteiger partial charge in [0.1, 0.15) is 11.5 Å². The van der Waals surface area contributed by atoms with E-state index >= 15 is 0 Å². The van der Waals surface area contributed by atoms with E-state index < -0.39 is 0 Å². The molecule has 1 aromatic carbocycles. The van der Waals surface area contributed by atoms with Crippen LogP contribution in [0.15, 0.2) is 12.1 Å². The zero-order valence-electron chi connectivity index (χ0n) is 14.9. The molecule has 0 bridgehead atoms. The summed E-state index contributed by atoms with van der Waals surface area (Å²) in [5, 5.41) is 3.54. The predicted molar refractivity (Wildman–Crippen MR) is 93.8 cm³/mol. The van der Waals surface area contributed by atoms with Crippen LogP contribution in [-0.2, 0) is 9.53 Å². The van der Waals surface area contributed by atoms with Crippen LogP contribution in [0.3, 0.4) is 0 Å². The molecule has 1 fully saturated rings. The van der Waals surface area contributed by atoms with Gasteiger partial charge >= 0.3 is 0 Å². The topological polar surface area (TPSA) is 56.8 Å². The van der Waals surface area contributed by atoms with E-state index in [1.165, 1.54) is 0 Å². The lowest BCUT2D eigenvalue weighted by atomic mass is 9.89. The van der Waals surface area contributed by atoms with Crippen LogP contribution in [0.25, 0.3) is 0 Å². The van der Waals surface area contributed by atoms with E-state index in [0.29, 0.717) is 28.9 Å². The molecular weight excluding hydrogens is 330 g/mol. The van der Waals surface area contributed by atoms with Gasteiger partial charge in [-0.05, 0) is 24.8 Å². The van der Waals surface area contributed by atoms with Gasteiger partial charge in [-0.25, -0.2) is 0 Å². The number of hydrogen-bond acceptors (Lipinski definition) is 4. The number of benzene rings is 1. The lowest BCUT2D eigenvalue weighted by Crippen LogP contribution is -2.43. The maximum Gasteiger partial charge on any atom is 0.217 e. The summed E-state index contributed by atoms with van der Waals surface area (Å²) in [6.45, 7) is 5.78. The Labute approximate surface area is 148 Å². The maximum atomic E-state index is 11.5. The molecule has 1 aliphatic heterocycles. The number of methoxy groups -OCH3 is 2. The van der Waals surface area contributed by atoms with Crippen molar-refractivity contribution in [2.75, 3.05) is 14.2 Å². The molecule has 1 saturated heterocycles. The number of hydrogen-bond donors (Lipinski definition) is 1. The van der Waals surface area contributed by atoms with Gasteiger partial charge in [0.25, 0.3) is 0 Å². The highest BCUT2D eigenvalue weighted by Crippen LogP contribution is 2.42. The summed E-state index contributed by atoms with van der Waals surface area (Å²) in [4.78, 5) is 11.5. The maximum absolute atomic E-state index is 11.5. The smallest absolute Gasteiger partial charge is 0.217 e. The number of rotatable bonds is 5. The summed E-state index contributed by atoms with van der Waals surface area (Å²) >= 11 is 6.29. The third-order valence-corrected chi connectivity index (χ3v) is 4.65. The molecule has 1 N–H and O–H groups in total. The summed E-state index contributed by atoms with van der Waals surface area (Å²) in [5.74, 6) is 1.56. The zero-order chi connectivity index (χ0) is 17.9. The van der Waals surface area contributed by atoms with Gasteiger partial charge in [-0.3, -0.25) is 4.79 Å². The predicted octanol–water partition coefficient (Wildman–Crippen LogP) is 3.74. The first kappa shape index (κ1) is 18.9. The minimum atomic E-state index is -0.193. The van der Waals surface area contributed by atoms with Gasteiger partial charge < -0.3 is 19.5 Å². The number of carbonyl (C=O) groups excluding carboxylic acids is 1. The molecule has 0 aliphatic carbocycles. The van der Waals surface area contributed by atoms with Crippen molar-refractivity contribution >= 4 is 17.5 Å². The fourth-order valence-corrected chi connectivity index (χ4v) is 3.38. The minimum absolute atomic E-state index is 0.0251. The van der Waals surface area contributed by atoms with Crippen molar-refractivity contribution in [3.63, 3.8) is 0 Å². The first-order valence-corrected chi connectivity index (χ1v) is 8.57. The van der Waals surface area contributed by atoms with Crippen molar-refractivity contribution in [2.24, 2.45) is 5.92 Å². The SMILES string of the molecule is COc1cc(OC)c([C@@H]2C[C@H](NC(C)=O)C[C@H](C(C)C)O2)cc1Cl. The molecule has 1 aromatic rings. The van der Waals surface area contributed by atoms with E-state index in [2.05, 4.69) is 19.2 Å². The third kappa shape index (κ3) is 4.33. The second-order valence-corrected chi connectivity index (χ2v) is 6.91. The molecule has 6 heteroatoms. The molecule has 1 heterocycles. The summed E-state index contributed by atoms with van der Waals surface area (Å²) in [6, 6.07) is 3.67. The highest BCUT2D eigenvalue weighted by molar-refractivity contribution is 6.32. The standard InChI is InChI=1S/C18H26ClNO4/c1-10(2)15-6-12(20-11(3)21)7-17(24-15)13-8-14(19)18(23-5)9-16(13)22-4/h8-10,12,15,17H,6-7H2,1-5H3,(H,20,21)/t12-,15-,17+/m1/s1. The first-order chi connectivity index (χ1) is 11.3. The minimum Gasteiger partial charge on any atom is -0.496 e. The van der Waals surface area contributed by atoms with Crippen molar-refractivity contribution in [3.05, 3.63) is 22.7 Å². The monoisotopic (exact) mass is 355 g/mol. The largest absolute Gasteiger partial charge is 0.496 e. The van der Waals surface area contributed by atoms with Crippen LogP contribution in [0.1, 0.15) is 45.3 Å². The molecule has 0 unspecified atom stereocenters. The van der Waals surface area contributed by atoms with Crippen molar-refractivity contribution in [1.82, 2.24) is 5.32 Å². The molecule has 1 amide bonds. The summed E-state index contributed by atoms with van der Waals surface area (Å²) in [6.07, 6.45) is 1.36. The third-order valence-electron chi connectivity index (χ3n) is 4.36. The highest BCUT2D eigenvalue weighted by atomic mass is 35.5. The van der Waals surface area contributed by atoms with E-state index in [-0.39, 0.29) is 24.2 Å². The van der Waals surface area contributed by atoms with E-state index in [9.17, 15) is 4.79 Å². The second kappa shape index (κ2) is 8.08. The Morgan fingerprint density at radius 3 is 2.46 bits per heavy atom. The fourth-order valence-electron chi connectivity index (χ4n) is 3.13. The lowest BCUT2D eigenvalue weighted by Gasteiger charge is -2.38. The molecular formula is C18H26ClNO4. The highest BCUT2D eigenvalue weighted by Gasteiger charge is 2.34. The van der Waals surface area contributed by atoms with E-state index in [0.717, 1.165) is 12.0 Å². The van der Waals surface area contributed by atoms with E-state index in [1.807, 2.05) is 6.07 Å². The average molecular weight is 356 g/mol. The van der Waals surface area contributed by atoms with Crippen molar-refractivity contribution in [2.45, 2.75) is 51.9 Å². The quantitative estimate of drug-likeness (QED) is 0.874. The number of carbonyl (C=O) groups is 1. The van der Waals surface area contributed by atoms with Crippen LogP contribution in [-0.4, -0.2) is 32.3 Å². The molecule has 1 aliphatic rings. The molecule has 0 spiro atoms. The van der Waals surface area contributed by atoms with Gasteiger partial charge in [-0.15, -0.1) is 0 Å². The fraction of sp³-hybridized carbons (Fsp3) is 0.611. The Bertz CT molecular complexity index is 591. The summed E-state index contributed by atoms with van der Waals surface area (Å²) < 4.78 is 17.0. The molecule has 24 heavy (non-hydrogen) atoms. The molecule has 3 atom stereocenters. The average Bonchev–Trinajstić information content (AvgIpc) is 2.53. The van der Waals surface area contributed by atoms with Crippen LogP contribution in [0.2, 0.25) is 5.02 Å². The molecule has 2 rings (SSSR count). The van der Waals surface area contributed by atoms with Crippen molar-refractivity contribution in [3.8, 4) is 11.5 Å². The number of ether oxygens (including phenoxy) is 3. The summed E-state index contributed by atoms with van der Waals surface area (Å²) in [5.41, 5.74) is 0.879. The molecule has 134 valence electrons. The number of halogens is 1. The molecule has 0 aromatic heterocycles. The van der Waals surface area contributed by atoms with Crippen LogP contribution in [0.4, 0.5) is 0 Å². The van der Waals surface area contributed by atoms with Gasteiger partial charge in [0, 0.05) is 24.6 Å². The molecule has 5 nitrogen and oxygen atoms in total. The van der Waals surface area contributed by atoms with E-state index in [4.69, 9.17) is 25.8 Å². The van der Waals surface area contributed by atoms with Gasteiger partial charge in [-0.1, -0.05) is 25.4 Å². The van der Waals surface area contributed by atoms with Crippen molar-refractivity contribution in [1.29, 1.82) is 0 Å². The summed E-state index contributed by atoms with van der Waals surface area (Å²) in [7, 11) is 3.18. The zero-order valence-corrected chi connectivity index (χ0v) is 15.6. The Kier molecular flexibility index (Phi) is 6.35. The molecule has 0 saturated carbocycles.